The first kappa shape index (κ1) is 11.0. The zero-order valence-corrected chi connectivity index (χ0v) is 11.0. The first-order valence-electron chi connectivity index (χ1n) is 6.22. The van der Waals surface area contributed by atoms with Gasteiger partial charge in [-0.15, -0.1) is 0 Å². The van der Waals surface area contributed by atoms with Gasteiger partial charge in [0.25, 0.3) is 0 Å². The van der Waals surface area contributed by atoms with E-state index in [-0.39, 0.29) is 4.99 Å². The molecular weight excluding hydrogens is 254 g/mol. The van der Waals surface area contributed by atoms with Gasteiger partial charge in [0, 0.05) is 4.90 Å². The van der Waals surface area contributed by atoms with Gasteiger partial charge in [0.05, 0.1) is 11.4 Å². The Hall–Kier alpha value is -1.91. The molecule has 19 heavy (non-hydrogen) atoms. The summed E-state index contributed by atoms with van der Waals surface area (Å²) in [5.74, 6) is 0. The summed E-state index contributed by atoms with van der Waals surface area (Å²) in [6, 6.07) is 18.7. The van der Waals surface area contributed by atoms with E-state index in [4.69, 9.17) is 0 Å². The molecule has 0 radical (unpaired) electrons. The summed E-state index contributed by atoms with van der Waals surface area (Å²) in [4.78, 5) is 0.983. The quantitative estimate of drug-likeness (QED) is 0.742. The number of fused-ring (bicyclic) bond motifs is 1. The molecule has 1 unspecified atom stereocenters. The van der Waals surface area contributed by atoms with E-state index in [0.717, 1.165) is 5.70 Å². The lowest BCUT2D eigenvalue weighted by Gasteiger charge is -2.20. The molecule has 0 bridgehead atoms. The minimum atomic E-state index is -0.283. The van der Waals surface area contributed by atoms with Gasteiger partial charge in [-0.3, -0.25) is 0 Å². The number of benzene rings is 2. The molecule has 1 spiro atoms. The number of hydrogen-bond acceptors (Lipinski definition) is 4. The van der Waals surface area contributed by atoms with E-state index in [1.807, 2.05) is 18.2 Å². The molecule has 0 amide bonds. The number of nitrogens with one attached hydrogen (secondary N) is 3. The highest BCUT2D eigenvalue weighted by Gasteiger charge is 2.39. The zero-order valence-electron chi connectivity index (χ0n) is 10.2. The van der Waals surface area contributed by atoms with E-state index in [1.54, 1.807) is 11.8 Å². The molecule has 0 fully saturated rings. The van der Waals surface area contributed by atoms with E-state index in [2.05, 4.69) is 58.6 Å². The third-order valence-corrected chi connectivity index (χ3v) is 4.51. The second kappa shape index (κ2) is 4.05. The summed E-state index contributed by atoms with van der Waals surface area (Å²) < 4.78 is 0. The molecule has 0 saturated heterocycles. The van der Waals surface area contributed by atoms with E-state index in [1.165, 1.54) is 16.1 Å². The number of hydrazine groups is 1. The fourth-order valence-electron chi connectivity index (χ4n) is 2.39. The van der Waals surface area contributed by atoms with Crippen molar-refractivity contribution in [2.24, 2.45) is 0 Å². The van der Waals surface area contributed by atoms with Crippen LogP contribution >= 0.6 is 11.8 Å². The summed E-state index contributed by atoms with van der Waals surface area (Å²) >= 11 is 1.78. The van der Waals surface area contributed by atoms with Gasteiger partial charge in [0.2, 0.25) is 0 Å². The van der Waals surface area contributed by atoms with Crippen LogP contribution in [0.2, 0.25) is 0 Å². The largest absolute Gasteiger partial charge is 0.353 e. The van der Waals surface area contributed by atoms with Crippen molar-refractivity contribution in [2.75, 3.05) is 5.32 Å². The fourth-order valence-corrected chi connectivity index (χ4v) is 3.55. The molecule has 2 aliphatic rings. The Morgan fingerprint density at radius 3 is 2.53 bits per heavy atom. The van der Waals surface area contributed by atoms with Gasteiger partial charge >= 0.3 is 0 Å². The SMILES string of the molecule is C1=C(c2ccccc2)NNC12Nc1ccccc1S2. The van der Waals surface area contributed by atoms with Gasteiger partial charge in [-0.05, 0) is 23.8 Å². The van der Waals surface area contributed by atoms with Crippen LogP contribution in [0.25, 0.3) is 5.70 Å². The van der Waals surface area contributed by atoms with Crippen LogP contribution in [-0.4, -0.2) is 4.99 Å². The second-order valence-electron chi connectivity index (χ2n) is 4.63. The van der Waals surface area contributed by atoms with Crippen molar-refractivity contribution in [3.05, 3.63) is 66.2 Å². The maximum atomic E-state index is 3.52. The Labute approximate surface area is 116 Å². The van der Waals surface area contributed by atoms with Crippen LogP contribution in [0.4, 0.5) is 5.69 Å². The van der Waals surface area contributed by atoms with E-state index in [9.17, 15) is 0 Å². The highest BCUT2D eigenvalue weighted by molar-refractivity contribution is 8.01. The third kappa shape index (κ3) is 1.80. The molecule has 2 heterocycles. The Morgan fingerprint density at radius 2 is 1.68 bits per heavy atom. The Bertz CT molecular complexity index is 626. The predicted octanol–water partition coefficient (Wildman–Crippen LogP) is 3.01. The maximum absolute atomic E-state index is 3.52. The highest BCUT2D eigenvalue weighted by Crippen LogP contribution is 2.46. The number of thioether (sulfide) groups is 1. The van der Waals surface area contributed by atoms with Crippen LogP contribution in [0.1, 0.15) is 5.56 Å². The first-order chi connectivity index (χ1) is 9.35. The van der Waals surface area contributed by atoms with Crippen LogP contribution in [0.15, 0.2) is 65.6 Å². The summed E-state index contributed by atoms with van der Waals surface area (Å²) in [7, 11) is 0. The molecule has 4 heteroatoms. The van der Waals surface area contributed by atoms with Crippen LogP contribution < -0.4 is 16.2 Å². The Kier molecular flexibility index (Phi) is 2.33. The monoisotopic (exact) mass is 267 g/mol. The summed E-state index contributed by atoms with van der Waals surface area (Å²) in [6.07, 6.45) is 2.20. The molecule has 4 rings (SSSR count). The average molecular weight is 267 g/mol. The molecule has 2 aromatic rings. The van der Waals surface area contributed by atoms with Crippen LogP contribution in [-0.2, 0) is 0 Å². The van der Waals surface area contributed by atoms with Crippen molar-refractivity contribution in [3.63, 3.8) is 0 Å². The molecule has 94 valence electrons. The van der Waals surface area contributed by atoms with Gasteiger partial charge in [-0.2, -0.15) is 5.43 Å². The molecule has 0 saturated carbocycles. The number of para-hydroxylation sites is 1. The van der Waals surface area contributed by atoms with Gasteiger partial charge < -0.3 is 10.7 Å². The molecule has 3 N–H and O–H groups in total. The van der Waals surface area contributed by atoms with Gasteiger partial charge in [0.1, 0.15) is 0 Å². The van der Waals surface area contributed by atoms with Gasteiger partial charge in [-0.25, -0.2) is 0 Å². The minimum Gasteiger partial charge on any atom is -0.353 e. The summed E-state index contributed by atoms with van der Waals surface area (Å²) in [6.45, 7) is 0. The zero-order chi connectivity index (χ0) is 12.7. The molecule has 2 aliphatic heterocycles. The van der Waals surface area contributed by atoms with Crippen molar-refractivity contribution in [2.45, 2.75) is 9.89 Å². The standard InChI is InChI=1S/C15H13N3S/c1-2-6-11(7-3-1)13-10-15(18-17-13)16-12-8-4-5-9-14(12)19-15/h1-10,16-18H. The molecule has 1 atom stereocenters. The minimum absolute atomic E-state index is 0.283. The van der Waals surface area contributed by atoms with Crippen molar-refractivity contribution in [1.82, 2.24) is 10.9 Å². The molecule has 0 aromatic heterocycles. The van der Waals surface area contributed by atoms with Crippen LogP contribution in [0.5, 0.6) is 0 Å². The van der Waals surface area contributed by atoms with Crippen LogP contribution in [0.3, 0.4) is 0 Å². The number of rotatable bonds is 1. The number of hydrogen-bond donors (Lipinski definition) is 3. The topological polar surface area (TPSA) is 36.1 Å². The number of anilines is 1. The molecular formula is C15H13N3S. The van der Waals surface area contributed by atoms with Crippen molar-refractivity contribution < 1.29 is 0 Å². The first-order valence-corrected chi connectivity index (χ1v) is 7.04. The van der Waals surface area contributed by atoms with E-state index in [0.29, 0.717) is 0 Å². The normalized spacial score (nSPS) is 23.7. The van der Waals surface area contributed by atoms with Crippen molar-refractivity contribution in [3.8, 4) is 0 Å². The van der Waals surface area contributed by atoms with E-state index < -0.39 is 0 Å². The molecule has 0 aliphatic carbocycles. The lowest BCUT2D eigenvalue weighted by molar-refractivity contribution is 0.602. The van der Waals surface area contributed by atoms with Gasteiger partial charge in [0.15, 0.2) is 4.99 Å². The average Bonchev–Trinajstić information content (AvgIpc) is 3.03. The highest BCUT2D eigenvalue weighted by atomic mass is 32.2. The third-order valence-electron chi connectivity index (χ3n) is 3.29. The van der Waals surface area contributed by atoms with Crippen LogP contribution in [0, 0.1) is 0 Å². The molecule has 2 aromatic carbocycles. The fraction of sp³-hybridized carbons (Fsp3) is 0.0667. The van der Waals surface area contributed by atoms with Gasteiger partial charge in [-0.1, -0.05) is 54.2 Å². The Morgan fingerprint density at radius 1 is 0.895 bits per heavy atom. The second-order valence-corrected chi connectivity index (χ2v) is 5.92. The lowest BCUT2D eigenvalue weighted by Crippen LogP contribution is -2.45. The summed E-state index contributed by atoms with van der Waals surface area (Å²) in [5, 5.41) is 3.52. The molecule has 3 nitrogen and oxygen atoms in total. The maximum Gasteiger partial charge on any atom is 0.180 e. The smallest absolute Gasteiger partial charge is 0.180 e. The lowest BCUT2D eigenvalue weighted by atomic mass is 10.1. The van der Waals surface area contributed by atoms with Crippen molar-refractivity contribution in [1.29, 1.82) is 0 Å². The van der Waals surface area contributed by atoms with Crippen molar-refractivity contribution >= 4 is 23.1 Å². The summed E-state index contributed by atoms with van der Waals surface area (Å²) in [5.41, 5.74) is 10.1. The van der Waals surface area contributed by atoms with E-state index >= 15 is 0 Å². The Balaban J connectivity index is 1.68. The predicted molar refractivity (Wildman–Crippen MR) is 79.3 cm³/mol.